The van der Waals surface area contributed by atoms with Crippen molar-refractivity contribution in [3.63, 3.8) is 0 Å². The topological polar surface area (TPSA) is 206 Å². The van der Waals surface area contributed by atoms with Crippen molar-refractivity contribution in [3.05, 3.63) is 24.3 Å². The largest absolute Gasteiger partial charge is 0.462 e. The monoisotopic (exact) mass is 813 g/mol. The number of carbonyl (C=O) groups excluding carboxylic acids is 4. The SMILES string of the molecule is CCC(=O)O[C@@H]1CC(=O)O[C@H](C)C/C=C/C=C/[C@H](O)[C@H](C)C[C@H](CC=O)[C@H](O[C@@H]2OC(C)[C@@H](O[C@@H]3CC(C)(O)[C@@H](OC(=O)CC)C(C)O3)C(N(C)C)C2O)[C@H]1OC. The van der Waals surface area contributed by atoms with Crippen LogP contribution >= 0.6 is 0 Å². The van der Waals surface area contributed by atoms with Crippen molar-refractivity contribution in [1.82, 2.24) is 4.90 Å². The molecule has 16 atom stereocenters. The van der Waals surface area contributed by atoms with Gasteiger partial charge in [0, 0.05) is 39.2 Å². The molecule has 3 aliphatic heterocycles. The summed E-state index contributed by atoms with van der Waals surface area (Å²) < 4.78 is 48.5. The van der Waals surface area contributed by atoms with Crippen molar-refractivity contribution >= 4 is 24.2 Å². The van der Waals surface area contributed by atoms with Gasteiger partial charge in [-0.1, -0.05) is 45.1 Å². The Morgan fingerprint density at radius 3 is 2.23 bits per heavy atom. The van der Waals surface area contributed by atoms with Crippen LogP contribution in [0.2, 0.25) is 0 Å². The van der Waals surface area contributed by atoms with Crippen molar-refractivity contribution in [2.75, 3.05) is 21.2 Å². The lowest BCUT2D eigenvalue weighted by Crippen LogP contribution is -2.66. The Kier molecular flexibility index (Phi) is 19.2. The zero-order chi connectivity index (χ0) is 42.6. The van der Waals surface area contributed by atoms with Crippen molar-refractivity contribution < 1.29 is 72.4 Å². The van der Waals surface area contributed by atoms with Crippen molar-refractivity contribution in [2.45, 2.75) is 179 Å². The molecule has 0 aliphatic carbocycles. The Morgan fingerprint density at radius 1 is 0.965 bits per heavy atom. The van der Waals surface area contributed by atoms with E-state index in [1.165, 1.54) is 7.11 Å². The summed E-state index contributed by atoms with van der Waals surface area (Å²) in [4.78, 5) is 52.3. The van der Waals surface area contributed by atoms with Crippen LogP contribution in [0.25, 0.3) is 0 Å². The normalized spacial score (nSPS) is 41.1. The predicted octanol–water partition coefficient (Wildman–Crippen LogP) is 2.77. The molecule has 3 N–H and O–H groups in total. The molecule has 326 valence electrons. The Labute approximate surface area is 337 Å². The molecule has 3 rings (SSSR count). The molecule has 2 fully saturated rings. The van der Waals surface area contributed by atoms with Gasteiger partial charge in [0.2, 0.25) is 0 Å². The van der Waals surface area contributed by atoms with Gasteiger partial charge < -0.3 is 62.9 Å². The van der Waals surface area contributed by atoms with Crippen LogP contribution in [0.1, 0.15) is 93.4 Å². The lowest BCUT2D eigenvalue weighted by molar-refractivity contribution is -0.344. The molecule has 0 amide bonds. The van der Waals surface area contributed by atoms with Gasteiger partial charge in [0.15, 0.2) is 18.7 Å². The van der Waals surface area contributed by atoms with Crippen molar-refractivity contribution in [2.24, 2.45) is 11.8 Å². The van der Waals surface area contributed by atoms with Crippen LogP contribution in [-0.2, 0) is 57.1 Å². The average Bonchev–Trinajstić information content (AvgIpc) is 3.13. The Morgan fingerprint density at radius 2 is 1.63 bits per heavy atom. The van der Waals surface area contributed by atoms with E-state index in [-0.39, 0.29) is 32.1 Å². The van der Waals surface area contributed by atoms with Gasteiger partial charge in [0.05, 0.1) is 36.9 Å². The summed E-state index contributed by atoms with van der Waals surface area (Å²) in [6, 6.07) is -0.779. The number of aliphatic hydroxyl groups excluding tert-OH is 2. The van der Waals surface area contributed by atoms with E-state index in [9.17, 15) is 34.5 Å². The summed E-state index contributed by atoms with van der Waals surface area (Å²) in [6.07, 6.45) is -4.08. The van der Waals surface area contributed by atoms with Crippen LogP contribution in [0.3, 0.4) is 0 Å². The molecule has 16 heteroatoms. The number of esters is 3. The number of hydrogen-bond acceptors (Lipinski definition) is 16. The standard InChI is InChI=1S/C41H67NO15/c1-11-30(45)54-29-21-32(47)51-24(4)16-14-13-15-17-28(44)23(3)20-27(18-19-43)37(38(29)50-10)57-40-35(48)34(42(8)9)36(25(5)53-40)56-33-22-41(7,49)39(26(6)52-33)55-31(46)12-2/h13-15,17,19,23-29,33-40,44,48-49H,11-12,16,18,20-22H2,1-10H3/b14-13+,17-15+/t23-,24-,25?,26?,27+,28+,29-,33-,34?,35?,36-,37+,38+,39+,40+,41?/m1/s1. The molecule has 3 heterocycles. The number of ether oxygens (including phenoxy) is 8. The Hall–Kier alpha value is -2.80. The minimum absolute atomic E-state index is 0.000633. The maximum atomic E-state index is 13.3. The highest BCUT2D eigenvalue weighted by Crippen LogP contribution is 2.37. The highest BCUT2D eigenvalue weighted by atomic mass is 16.7. The fraction of sp³-hybridized carbons (Fsp3) is 0.805. The minimum Gasteiger partial charge on any atom is -0.462 e. The Bertz CT molecular complexity index is 1350. The zero-order valence-electron chi connectivity index (χ0n) is 35.2. The zero-order valence-corrected chi connectivity index (χ0v) is 35.2. The smallest absolute Gasteiger partial charge is 0.309 e. The number of likely N-dealkylation sites (N-methyl/N-ethyl adjacent to an activating group) is 1. The number of rotatable bonds is 12. The quantitative estimate of drug-likeness (QED) is 0.147. The molecule has 16 nitrogen and oxygen atoms in total. The molecule has 0 aromatic rings. The molecular formula is C41H67NO15. The number of methoxy groups -OCH3 is 1. The lowest BCUT2D eigenvalue weighted by Gasteiger charge is -2.50. The van der Waals surface area contributed by atoms with Gasteiger partial charge in [-0.25, -0.2) is 0 Å². The summed E-state index contributed by atoms with van der Waals surface area (Å²) in [5.41, 5.74) is -1.49. The predicted molar refractivity (Wildman–Crippen MR) is 205 cm³/mol. The highest BCUT2D eigenvalue weighted by Gasteiger charge is 2.53. The summed E-state index contributed by atoms with van der Waals surface area (Å²) in [5.74, 6) is -2.82. The van der Waals surface area contributed by atoms with Crippen LogP contribution in [0.5, 0.6) is 0 Å². The molecular weight excluding hydrogens is 746 g/mol. The van der Waals surface area contributed by atoms with E-state index in [1.807, 2.05) is 13.0 Å². The van der Waals surface area contributed by atoms with Crippen LogP contribution in [0.4, 0.5) is 0 Å². The number of carbonyl (C=O) groups is 4. The Balaban J connectivity index is 2.01. The van der Waals surface area contributed by atoms with E-state index in [0.29, 0.717) is 12.7 Å². The first-order chi connectivity index (χ1) is 26.9. The first-order valence-corrected chi connectivity index (χ1v) is 20.1. The fourth-order valence-electron chi connectivity index (χ4n) is 7.82. The molecule has 0 saturated carbocycles. The first-order valence-electron chi connectivity index (χ1n) is 20.1. The molecule has 0 aromatic carbocycles. The van der Waals surface area contributed by atoms with Crippen LogP contribution in [0.15, 0.2) is 24.3 Å². The number of nitrogens with zero attached hydrogens (tertiary/aromatic N) is 1. The molecule has 0 aromatic heterocycles. The number of aldehydes is 1. The first kappa shape index (κ1) is 48.6. The van der Waals surface area contributed by atoms with Gasteiger partial charge in [-0.2, -0.15) is 0 Å². The maximum absolute atomic E-state index is 13.3. The maximum Gasteiger partial charge on any atom is 0.309 e. The summed E-state index contributed by atoms with van der Waals surface area (Å²) in [6.45, 7) is 11.8. The van der Waals surface area contributed by atoms with Crippen molar-refractivity contribution in [1.29, 1.82) is 0 Å². The molecule has 3 aliphatic rings. The van der Waals surface area contributed by atoms with E-state index in [2.05, 4.69) is 0 Å². The number of hydrogen-bond donors (Lipinski definition) is 3. The third-order valence-electron chi connectivity index (χ3n) is 10.9. The average molecular weight is 814 g/mol. The van der Waals surface area contributed by atoms with Crippen molar-refractivity contribution in [3.8, 4) is 0 Å². The van der Waals surface area contributed by atoms with Gasteiger partial charge in [0.1, 0.15) is 42.4 Å². The lowest BCUT2D eigenvalue weighted by atomic mass is 9.82. The van der Waals surface area contributed by atoms with Gasteiger partial charge in [-0.3, -0.25) is 14.4 Å². The van der Waals surface area contributed by atoms with E-state index >= 15 is 0 Å². The highest BCUT2D eigenvalue weighted by molar-refractivity contribution is 5.72. The molecule has 0 bridgehead atoms. The van der Waals surface area contributed by atoms with Crippen LogP contribution < -0.4 is 0 Å². The summed E-state index contributed by atoms with van der Waals surface area (Å²) in [7, 11) is 4.86. The molecule has 5 unspecified atom stereocenters. The second-order valence-corrected chi connectivity index (χ2v) is 16.0. The van der Waals surface area contributed by atoms with Crippen LogP contribution in [0, 0.1) is 11.8 Å². The summed E-state index contributed by atoms with van der Waals surface area (Å²) in [5, 5.41) is 34.5. The number of allylic oxidation sites excluding steroid dienone is 2. The third kappa shape index (κ3) is 13.6. The summed E-state index contributed by atoms with van der Waals surface area (Å²) >= 11 is 0. The van der Waals surface area contributed by atoms with Gasteiger partial charge in [-0.15, -0.1) is 0 Å². The van der Waals surface area contributed by atoms with Gasteiger partial charge in [-0.05, 0) is 60.0 Å². The number of aliphatic hydroxyl groups is 3. The molecule has 0 spiro atoms. The van der Waals surface area contributed by atoms with E-state index < -0.39 is 121 Å². The number of cyclic esters (lactones) is 1. The van der Waals surface area contributed by atoms with Crippen LogP contribution in [-0.4, -0.2) is 151 Å². The second-order valence-electron chi connectivity index (χ2n) is 16.0. The minimum atomic E-state index is -1.49. The van der Waals surface area contributed by atoms with Gasteiger partial charge in [0.25, 0.3) is 0 Å². The fourth-order valence-corrected chi connectivity index (χ4v) is 7.82. The van der Waals surface area contributed by atoms with E-state index in [0.717, 1.165) is 0 Å². The molecule has 0 radical (unpaired) electrons. The third-order valence-corrected chi connectivity index (χ3v) is 10.9. The van der Waals surface area contributed by atoms with E-state index in [1.54, 1.807) is 78.8 Å². The molecule has 57 heavy (non-hydrogen) atoms. The molecule has 2 saturated heterocycles. The van der Waals surface area contributed by atoms with Gasteiger partial charge >= 0.3 is 17.9 Å². The van der Waals surface area contributed by atoms with E-state index in [4.69, 9.17) is 37.9 Å². The second kappa shape index (κ2) is 22.5.